The Morgan fingerprint density at radius 1 is 1.32 bits per heavy atom. The molecule has 0 bridgehead atoms. The van der Waals surface area contributed by atoms with Crippen molar-refractivity contribution >= 4 is 21.4 Å². The summed E-state index contributed by atoms with van der Waals surface area (Å²) in [5, 5.41) is 3.88. The number of hydrogen-bond donors (Lipinski definition) is 1. The first-order chi connectivity index (χ1) is 8.89. The number of benzene rings is 1. The Bertz CT molecular complexity index is 544. The molecule has 1 aromatic carbocycles. The van der Waals surface area contributed by atoms with E-state index in [1.807, 2.05) is 31.2 Å². The summed E-state index contributed by atoms with van der Waals surface area (Å²) in [5.74, 6) is 0. The van der Waals surface area contributed by atoms with Gasteiger partial charge in [-0.15, -0.1) is 0 Å². The van der Waals surface area contributed by atoms with Gasteiger partial charge in [0, 0.05) is 23.4 Å². The molecule has 0 heterocycles. The molecule has 0 radical (unpaired) electrons. The van der Waals surface area contributed by atoms with Crippen molar-refractivity contribution in [3.63, 3.8) is 0 Å². The normalized spacial score (nSPS) is 25.4. The average molecular weight is 302 g/mol. The summed E-state index contributed by atoms with van der Waals surface area (Å²) in [6.07, 6.45) is 3.96. The molecule has 0 aliphatic heterocycles. The SMILES string of the molecule is CC(NC1CCCC1S(C)(=O)=O)c1ccccc1Cl. The van der Waals surface area contributed by atoms with E-state index in [-0.39, 0.29) is 17.3 Å². The quantitative estimate of drug-likeness (QED) is 0.930. The van der Waals surface area contributed by atoms with Crippen LogP contribution in [0.25, 0.3) is 0 Å². The lowest BCUT2D eigenvalue weighted by molar-refractivity contribution is 0.456. The van der Waals surface area contributed by atoms with Gasteiger partial charge >= 0.3 is 0 Å². The van der Waals surface area contributed by atoms with Crippen molar-refractivity contribution in [1.82, 2.24) is 5.32 Å². The van der Waals surface area contributed by atoms with Crippen LogP contribution in [0.3, 0.4) is 0 Å². The molecule has 1 N–H and O–H groups in total. The zero-order valence-corrected chi connectivity index (χ0v) is 12.8. The van der Waals surface area contributed by atoms with Crippen LogP contribution in [-0.2, 0) is 9.84 Å². The van der Waals surface area contributed by atoms with Gasteiger partial charge in [-0.3, -0.25) is 0 Å². The van der Waals surface area contributed by atoms with Gasteiger partial charge in [-0.2, -0.15) is 0 Å². The molecule has 0 saturated heterocycles. The number of nitrogens with one attached hydrogen (secondary N) is 1. The molecule has 1 aromatic rings. The molecule has 0 spiro atoms. The highest BCUT2D eigenvalue weighted by Crippen LogP contribution is 2.29. The Morgan fingerprint density at radius 2 is 2.00 bits per heavy atom. The molecule has 1 saturated carbocycles. The van der Waals surface area contributed by atoms with E-state index >= 15 is 0 Å². The van der Waals surface area contributed by atoms with Crippen molar-refractivity contribution in [3.05, 3.63) is 34.9 Å². The molecule has 1 aliphatic carbocycles. The van der Waals surface area contributed by atoms with Crippen LogP contribution in [0.2, 0.25) is 5.02 Å². The highest BCUT2D eigenvalue weighted by atomic mass is 35.5. The van der Waals surface area contributed by atoms with Crippen molar-refractivity contribution in [2.45, 2.75) is 43.5 Å². The van der Waals surface area contributed by atoms with Crippen molar-refractivity contribution in [3.8, 4) is 0 Å². The van der Waals surface area contributed by atoms with Gasteiger partial charge in [0.15, 0.2) is 9.84 Å². The van der Waals surface area contributed by atoms with E-state index in [0.29, 0.717) is 0 Å². The Kier molecular flexibility index (Phi) is 4.54. The van der Waals surface area contributed by atoms with Gasteiger partial charge in [-0.1, -0.05) is 36.2 Å². The zero-order valence-electron chi connectivity index (χ0n) is 11.3. The van der Waals surface area contributed by atoms with Crippen LogP contribution in [0.15, 0.2) is 24.3 Å². The molecule has 0 aromatic heterocycles. The van der Waals surface area contributed by atoms with Crippen LogP contribution < -0.4 is 5.32 Å². The highest BCUT2D eigenvalue weighted by Gasteiger charge is 2.35. The van der Waals surface area contributed by atoms with Gasteiger partial charge in [0.25, 0.3) is 0 Å². The van der Waals surface area contributed by atoms with Gasteiger partial charge in [-0.05, 0) is 31.4 Å². The lowest BCUT2D eigenvalue weighted by Gasteiger charge is -2.24. The predicted molar refractivity (Wildman–Crippen MR) is 79.3 cm³/mol. The summed E-state index contributed by atoms with van der Waals surface area (Å²) >= 11 is 6.17. The molecule has 3 nitrogen and oxygen atoms in total. The zero-order chi connectivity index (χ0) is 14.0. The third kappa shape index (κ3) is 3.50. The van der Waals surface area contributed by atoms with Gasteiger partial charge in [0.2, 0.25) is 0 Å². The molecule has 3 atom stereocenters. The molecule has 2 rings (SSSR count). The second-order valence-electron chi connectivity index (χ2n) is 5.32. The molecule has 19 heavy (non-hydrogen) atoms. The summed E-state index contributed by atoms with van der Waals surface area (Å²) in [7, 11) is -2.99. The Balaban J connectivity index is 2.11. The van der Waals surface area contributed by atoms with Crippen LogP contribution in [0.1, 0.15) is 37.8 Å². The van der Waals surface area contributed by atoms with Gasteiger partial charge in [0.1, 0.15) is 0 Å². The maximum atomic E-state index is 11.8. The minimum Gasteiger partial charge on any atom is -0.306 e. The fraction of sp³-hybridized carbons (Fsp3) is 0.571. The van der Waals surface area contributed by atoms with Crippen molar-refractivity contribution in [2.24, 2.45) is 0 Å². The summed E-state index contributed by atoms with van der Waals surface area (Å²) in [6, 6.07) is 7.76. The fourth-order valence-electron chi connectivity index (χ4n) is 2.87. The number of sulfone groups is 1. The van der Waals surface area contributed by atoms with E-state index in [9.17, 15) is 8.42 Å². The van der Waals surface area contributed by atoms with Gasteiger partial charge in [0.05, 0.1) is 5.25 Å². The average Bonchev–Trinajstić information content (AvgIpc) is 2.77. The Labute approximate surface area is 120 Å². The van der Waals surface area contributed by atoms with E-state index in [4.69, 9.17) is 11.6 Å². The Morgan fingerprint density at radius 3 is 2.63 bits per heavy atom. The first-order valence-electron chi connectivity index (χ1n) is 6.59. The van der Waals surface area contributed by atoms with E-state index in [2.05, 4.69) is 5.32 Å². The van der Waals surface area contributed by atoms with Crippen LogP contribution in [0, 0.1) is 0 Å². The van der Waals surface area contributed by atoms with Crippen molar-refractivity contribution in [1.29, 1.82) is 0 Å². The summed E-state index contributed by atoms with van der Waals surface area (Å²) in [6.45, 7) is 2.03. The molecule has 106 valence electrons. The van der Waals surface area contributed by atoms with Crippen LogP contribution in [0.4, 0.5) is 0 Å². The van der Waals surface area contributed by atoms with Crippen LogP contribution in [0.5, 0.6) is 0 Å². The maximum absolute atomic E-state index is 11.8. The number of halogens is 1. The molecular weight excluding hydrogens is 282 g/mol. The first-order valence-corrected chi connectivity index (χ1v) is 8.92. The second-order valence-corrected chi connectivity index (χ2v) is 7.99. The summed E-state index contributed by atoms with van der Waals surface area (Å²) in [5.41, 5.74) is 1.02. The first kappa shape index (κ1) is 14.8. The minimum atomic E-state index is -2.99. The van der Waals surface area contributed by atoms with Crippen molar-refractivity contribution in [2.75, 3.05) is 6.26 Å². The van der Waals surface area contributed by atoms with E-state index < -0.39 is 9.84 Å². The smallest absolute Gasteiger partial charge is 0.151 e. The van der Waals surface area contributed by atoms with Gasteiger partial charge in [-0.25, -0.2) is 8.42 Å². The Hall–Kier alpha value is -0.580. The maximum Gasteiger partial charge on any atom is 0.151 e. The van der Waals surface area contributed by atoms with Gasteiger partial charge < -0.3 is 5.32 Å². The summed E-state index contributed by atoms with van der Waals surface area (Å²) < 4.78 is 23.5. The summed E-state index contributed by atoms with van der Waals surface area (Å²) in [4.78, 5) is 0. The minimum absolute atomic E-state index is 0.0290. The molecule has 5 heteroatoms. The molecule has 0 amide bonds. The second kappa shape index (κ2) is 5.81. The predicted octanol–water partition coefficient (Wildman–Crippen LogP) is 2.96. The van der Waals surface area contributed by atoms with Crippen molar-refractivity contribution < 1.29 is 8.42 Å². The molecular formula is C14H20ClNO2S. The topological polar surface area (TPSA) is 46.2 Å². The molecule has 1 aliphatic rings. The molecule has 3 unspecified atom stereocenters. The van der Waals surface area contributed by atoms with E-state index in [0.717, 1.165) is 29.8 Å². The van der Waals surface area contributed by atoms with E-state index in [1.165, 1.54) is 6.26 Å². The monoisotopic (exact) mass is 301 g/mol. The number of hydrogen-bond acceptors (Lipinski definition) is 3. The largest absolute Gasteiger partial charge is 0.306 e. The van der Waals surface area contributed by atoms with E-state index in [1.54, 1.807) is 0 Å². The third-order valence-electron chi connectivity index (χ3n) is 3.84. The fourth-order valence-corrected chi connectivity index (χ4v) is 4.57. The van der Waals surface area contributed by atoms with Crippen LogP contribution in [-0.4, -0.2) is 26.0 Å². The third-order valence-corrected chi connectivity index (χ3v) is 5.85. The molecule has 1 fully saturated rings. The lowest BCUT2D eigenvalue weighted by atomic mass is 10.1. The highest BCUT2D eigenvalue weighted by molar-refractivity contribution is 7.91. The van der Waals surface area contributed by atoms with Crippen LogP contribution >= 0.6 is 11.6 Å². The number of rotatable bonds is 4. The lowest BCUT2D eigenvalue weighted by Crippen LogP contribution is -2.41. The standard InChI is InChI=1S/C14H20ClNO2S/c1-10(11-6-3-4-7-12(11)15)16-13-8-5-9-14(13)19(2,17)18/h3-4,6-7,10,13-14,16H,5,8-9H2,1-2H3.